The van der Waals surface area contributed by atoms with Crippen molar-refractivity contribution in [3.63, 3.8) is 0 Å². The SMILES string of the molecule is CCOC(=O)C(CS)NC(=O)c1ccc(CO[NH+]([O-])O)cc1. The second kappa shape index (κ2) is 9.38. The Morgan fingerprint density at radius 2 is 2.05 bits per heavy atom. The first-order valence-corrected chi connectivity index (χ1v) is 7.14. The van der Waals surface area contributed by atoms with E-state index in [-0.39, 0.29) is 19.0 Å². The average Bonchev–Trinajstić information content (AvgIpc) is 2.51. The summed E-state index contributed by atoms with van der Waals surface area (Å²) in [5.41, 5.74) is 0.935. The van der Waals surface area contributed by atoms with Gasteiger partial charge in [-0.2, -0.15) is 22.7 Å². The van der Waals surface area contributed by atoms with E-state index in [1.54, 1.807) is 19.1 Å². The minimum atomic E-state index is -1.37. The number of thiol groups is 1. The van der Waals surface area contributed by atoms with E-state index < -0.39 is 23.3 Å². The number of esters is 1. The molecule has 3 N–H and O–H groups in total. The van der Waals surface area contributed by atoms with E-state index in [2.05, 4.69) is 22.8 Å². The molecule has 22 heavy (non-hydrogen) atoms. The first-order valence-electron chi connectivity index (χ1n) is 6.51. The molecule has 1 aromatic rings. The van der Waals surface area contributed by atoms with Gasteiger partial charge in [-0.15, -0.1) is 0 Å². The molecule has 8 nitrogen and oxygen atoms in total. The monoisotopic (exact) mass is 330 g/mol. The number of benzene rings is 1. The normalized spacial score (nSPS) is 13.3. The van der Waals surface area contributed by atoms with E-state index in [0.717, 1.165) is 0 Å². The van der Waals surface area contributed by atoms with Gasteiger partial charge in [-0.1, -0.05) is 17.5 Å². The number of carbonyl (C=O) groups excluding carboxylic acids is 2. The van der Waals surface area contributed by atoms with Crippen LogP contribution in [-0.2, 0) is 21.0 Å². The van der Waals surface area contributed by atoms with Gasteiger partial charge in [-0.3, -0.25) is 4.79 Å². The first kappa shape index (κ1) is 18.4. The third-order valence-corrected chi connectivity index (χ3v) is 3.00. The fourth-order valence-corrected chi connectivity index (χ4v) is 1.80. The molecule has 1 amide bonds. The molecular formula is C13H18N2O6S. The number of carbonyl (C=O) groups is 2. The van der Waals surface area contributed by atoms with Crippen LogP contribution in [0.4, 0.5) is 0 Å². The highest BCUT2D eigenvalue weighted by Crippen LogP contribution is 2.06. The highest BCUT2D eigenvalue weighted by molar-refractivity contribution is 7.80. The summed E-state index contributed by atoms with van der Waals surface area (Å²) >= 11 is 4.01. The highest BCUT2D eigenvalue weighted by Gasteiger charge is 2.21. The van der Waals surface area contributed by atoms with Crippen molar-refractivity contribution in [1.29, 1.82) is 0 Å². The number of amides is 1. The summed E-state index contributed by atoms with van der Waals surface area (Å²) < 4.78 is 4.83. The quantitative estimate of drug-likeness (QED) is 0.290. The maximum absolute atomic E-state index is 12.0. The lowest BCUT2D eigenvalue weighted by atomic mass is 10.1. The standard InChI is InChI=1S/C13H18N2O6S/c1-2-20-13(17)11(8-22)14-12(16)10-5-3-9(4-6-10)7-21-15(18)19/h3-6,11,15,18,22H,2,7-8H2,1H3,(H,14,16). The largest absolute Gasteiger partial charge is 0.566 e. The van der Waals surface area contributed by atoms with Gasteiger partial charge in [0.05, 0.1) is 6.61 Å². The Labute approximate surface area is 132 Å². The lowest BCUT2D eigenvalue weighted by Crippen LogP contribution is -3.03. The zero-order valence-corrected chi connectivity index (χ0v) is 12.8. The molecule has 0 saturated heterocycles. The third kappa shape index (κ3) is 6.00. The number of nitrogens with one attached hydrogen (secondary N) is 2. The molecular weight excluding hydrogens is 312 g/mol. The zero-order chi connectivity index (χ0) is 16.5. The predicted octanol–water partition coefficient (Wildman–Crippen LogP) is -0.519. The molecule has 9 heteroatoms. The van der Waals surface area contributed by atoms with Gasteiger partial charge in [-0.25, -0.2) is 4.79 Å². The lowest BCUT2D eigenvalue weighted by Gasteiger charge is -2.15. The number of hydrogen-bond acceptors (Lipinski definition) is 7. The van der Waals surface area contributed by atoms with Crippen molar-refractivity contribution in [1.82, 2.24) is 5.32 Å². The maximum Gasteiger partial charge on any atom is 0.329 e. The number of quaternary nitrogens is 1. The zero-order valence-electron chi connectivity index (χ0n) is 11.9. The van der Waals surface area contributed by atoms with Crippen LogP contribution in [-0.4, -0.2) is 35.5 Å². The Morgan fingerprint density at radius 1 is 1.41 bits per heavy atom. The minimum Gasteiger partial charge on any atom is -0.566 e. The van der Waals surface area contributed by atoms with Crippen LogP contribution in [0.5, 0.6) is 0 Å². The number of hydrogen-bond donors (Lipinski definition) is 4. The Kier molecular flexibility index (Phi) is 7.85. The number of rotatable bonds is 8. The van der Waals surface area contributed by atoms with Crippen LogP contribution in [0, 0.1) is 5.21 Å². The molecule has 0 heterocycles. The Morgan fingerprint density at radius 3 is 2.55 bits per heavy atom. The molecule has 0 aliphatic carbocycles. The summed E-state index contributed by atoms with van der Waals surface area (Å²) in [7, 11) is 0. The van der Waals surface area contributed by atoms with Gasteiger partial charge in [0.2, 0.25) is 0 Å². The van der Waals surface area contributed by atoms with Crippen LogP contribution in [0.15, 0.2) is 24.3 Å². The molecule has 0 aromatic heterocycles. The second-order valence-electron chi connectivity index (χ2n) is 4.21. The van der Waals surface area contributed by atoms with E-state index in [1.165, 1.54) is 12.1 Å². The van der Waals surface area contributed by atoms with E-state index in [4.69, 9.17) is 9.94 Å². The molecule has 2 atom stereocenters. The maximum atomic E-state index is 12.0. The Balaban J connectivity index is 2.63. The Hall–Kier alpha value is -1.65. The molecule has 1 aromatic carbocycles. The third-order valence-electron chi connectivity index (χ3n) is 2.64. The van der Waals surface area contributed by atoms with Crippen molar-refractivity contribution in [3.8, 4) is 0 Å². The summed E-state index contributed by atoms with van der Waals surface area (Å²) in [6.07, 6.45) is 0. The highest BCUT2D eigenvalue weighted by atomic mass is 32.1. The van der Waals surface area contributed by atoms with Crippen molar-refractivity contribution in [2.75, 3.05) is 12.4 Å². The van der Waals surface area contributed by atoms with Gasteiger partial charge < -0.3 is 15.3 Å². The molecule has 0 aliphatic rings. The molecule has 0 radical (unpaired) electrons. The second-order valence-corrected chi connectivity index (χ2v) is 4.58. The van der Waals surface area contributed by atoms with Crippen LogP contribution in [0.3, 0.4) is 0 Å². The van der Waals surface area contributed by atoms with Gasteiger partial charge in [0.15, 0.2) is 0 Å². The smallest absolute Gasteiger partial charge is 0.329 e. The summed E-state index contributed by atoms with van der Waals surface area (Å²) in [6.45, 7) is 1.80. The molecule has 122 valence electrons. The molecule has 0 aliphatic heterocycles. The van der Waals surface area contributed by atoms with E-state index in [1.807, 2.05) is 0 Å². The fraction of sp³-hybridized carbons (Fsp3) is 0.385. The van der Waals surface area contributed by atoms with Gasteiger partial charge in [0.1, 0.15) is 12.6 Å². The van der Waals surface area contributed by atoms with Crippen molar-refractivity contribution in [2.45, 2.75) is 19.6 Å². The predicted molar refractivity (Wildman–Crippen MR) is 79.1 cm³/mol. The molecule has 0 spiro atoms. The van der Waals surface area contributed by atoms with Crippen LogP contribution in [0.25, 0.3) is 0 Å². The first-order chi connectivity index (χ1) is 10.5. The number of ether oxygens (including phenoxy) is 1. The van der Waals surface area contributed by atoms with Crippen LogP contribution in [0.1, 0.15) is 22.8 Å². The van der Waals surface area contributed by atoms with Gasteiger partial charge in [0, 0.05) is 11.3 Å². The average molecular weight is 330 g/mol. The summed E-state index contributed by atoms with van der Waals surface area (Å²) in [6, 6.07) is 5.33. The van der Waals surface area contributed by atoms with Gasteiger partial charge >= 0.3 is 5.97 Å². The molecule has 0 fully saturated rings. The van der Waals surface area contributed by atoms with Crippen molar-refractivity contribution < 1.29 is 29.8 Å². The Bertz CT molecular complexity index is 494. The van der Waals surface area contributed by atoms with Crippen molar-refractivity contribution in [2.24, 2.45) is 0 Å². The van der Waals surface area contributed by atoms with E-state index >= 15 is 0 Å². The summed E-state index contributed by atoms with van der Waals surface area (Å²) in [5.74, 6) is -0.870. The fourth-order valence-electron chi connectivity index (χ4n) is 1.56. The topological polar surface area (TPSA) is 112 Å². The lowest BCUT2D eigenvalue weighted by molar-refractivity contribution is -1.21. The molecule has 0 bridgehead atoms. The molecule has 2 unspecified atom stereocenters. The van der Waals surface area contributed by atoms with E-state index in [9.17, 15) is 14.8 Å². The van der Waals surface area contributed by atoms with Gasteiger partial charge in [0.25, 0.3) is 5.91 Å². The molecule has 0 saturated carbocycles. The summed E-state index contributed by atoms with van der Waals surface area (Å²) in [4.78, 5) is 28.0. The van der Waals surface area contributed by atoms with E-state index in [0.29, 0.717) is 11.1 Å². The van der Waals surface area contributed by atoms with Crippen molar-refractivity contribution >= 4 is 24.5 Å². The van der Waals surface area contributed by atoms with Crippen LogP contribution in [0.2, 0.25) is 0 Å². The summed E-state index contributed by atoms with van der Waals surface area (Å²) in [5, 5.41) is 19.8. The minimum absolute atomic E-state index is 0.0979. The van der Waals surface area contributed by atoms with Gasteiger partial charge in [-0.05, 0) is 24.6 Å². The van der Waals surface area contributed by atoms with Crippen molar-refractivity contribution in [3.05, 3.63) is 40.6 Å². The molecule has 1 rings (SSSR count). The van der Waals surface area contributed by atoms with Crippen LogP contribution < -0.4 is 10.7 Å². The van der Waals surface area contributed by atoms with Crippen LogP contribution >= 0.6 is 12.6 Å².